The molecule has 1 saturated heterocycles. The topological polar surface area (TPSA) is 135 Å². The number of carbonyl (C=O) groups is 1. The Morgan fingerprint density at radius 1 is 0.767 bits per heavy atom. The molecule has 0 aromatic rings. The largest absolute Gasteiger partial charge is 0.457 e. The summed E-state index contributed by atoms with van der Waals surface area (Å²) in [6.45, 7) is 4.27. The predicted octanol–water partition coefficient (Wildman–Crippen LogP) is 5.07. The van der Waals surface area contributed by atoms with Crippen molar-refractivity contribution in [1.82, 2.24) is 0 Å². The van der Waals surface area contributed by atoms with Gasteiger partial charge < -0.3 is 39.4 Å². The molecule has 0 saturated carbocycles. The van der Waals surface area contributed by atoms with Gasteiger partial charge in [0.2, 0.25) is 0 Å². The van der Waals surface area contributed by atoms with Crippen LogP contribution in [0.15, 0.2) is 48.6 Å². The van der Waals surface area contributed by atoms with E-state index in [0.29, 0.717) is 13.0 Å². The van der Waals surface area contributed by atoms with Crippen LogP contribution in [0.25, 0.3) is 0 Å². The molecule has 248 valence electrons. The summed E-state index contributed by atoms with van der Waals surface area (Å²) in [5.41, 5.74) is 0. The molecule has 6 atom stereocenters. The van der Waals surface area contributed by atoms with Crippen LogP contribution in [0.2, 0.25) is 0 Å². The maximum absolute atomic E-state index is 12.5. The van der Waals surface area contributed by atoms with E-state index in [-0.39, 0.29) is 19.6 Å². The van der Waals surface area contributed by atoms with Gasteiger partial charge in [-0.25, -0.2) is 0 Å². The van der Waals surface area contributed by atoms with Crippen molar-refractivity contribution in [3.8, 4) is 0 Å². The summed E-state index contributed by atoms with van der Waals surface area (Å²) in [6, 6.07) is 0. The van der Waals surface area contributed by atoms with Gasteiger partial charge in [-0.1, -0.05) is 101 Å². The lowest BCUT2D eigenvalue weighted by molar-refractivity contribution is -0.305. The van der Waals surface area contributed by atoms with E-state index in [2.05, 4.69) is 50.3 Å². The summed E-state index contributed by atoms with van der Waals surface area (Å²) >= 11 is 0. The second kappa shape index (κ2) is 26.5. The first-order valence-electron chi connectivity index (χ1n) is 16.2. The smallest absolute Gasteiger partial charge is 0.306 e. The van der Waals surface area contributed by atoms with Crippen LogP contribution in [-0.2, 0) is 23.7 Å². The predicted molar refractivity (Wildman–Crippen MR) is 168 cm³/mol. The zero-order valence-electron chi connectivity index (χ0n) is 26.4. The zero-order valence-corrected chi connectivity index (χ0v) is 26.4. The van der Waals surface area contributed by atoms with Gasteiger partial charge in [0.15, 0.2) is 6.29 Å². The summed E-state index contributed by atoms with van der Waals surface area (Å²) in [7, 11) is 0. The number of ether oxygens (including phenoxy) is 4. The van der Waals surface area contributed by atoms with Crippen LogP contribution >= 0.6 is 0 Å². The number of allylic oxidation sites excluding steroid dienone is 8. The summed E-state index contributed by atoms with van der Waals surface area (Å²) in [4.78, 5) is 12.5. The molecular weight excluding hydrogens is 552 g/mol. The standard InChI is InChI=1S/C34H58O9/c1-3-5-7-9-11-12-13-14-15-16-17-19-21-23-30(36)42-28(26-40-24-22-20-18-10-8-6-4-2)27-41-34-33(39)32(38)31(37)29(25-35)43-34/h5,7,11-12,14-15,17,19,28-29,31-35,37-39H,3-4,6,8-10,13,16,18,20-27H2,1-2H3/b7-5-,12-11-,15-14-,19-17-. The molecule has 0 aliphatic carbocycles. The fourth-order valence-electron chi connectivity index (χ4n) is 4.44. The molecular formula is C34H58O9. The van der Waals surface area contributed by atoms with E-state index < -0.39 is 49.4 Å². The third-order valence-corrected chi connectivity index (χ3v) is 7.02. The highest BCUT2D eigenvalue weighted by Gasteiger charge is 2.44. The Kier molecular flexibility index (Phi) is 24.2. The van der Waals surface area contributed by atoms with Crippen molar-refractivity contribution in [1.29, 1.82) is 0 Å². The van der Waals surface area contributed by atoms with E-state index in [1.54, 1.807) is 0 Å². The first kappa shape index (κ1) is 39.2. The number of aliphatic hydroxyl groups is 4. The van der Waals surface area contributed by atoms with E-state index in [9.17, 15) is 25.2 Å². The molecule has 1 aliphatic heterocycles. The maximum Gasteiger partial charge on any atom is 0.306 e. The molecule has 0 amide bonds. The van der Waals surface area contributed by atoms with Crippen LogP contribution in [0.5, 0.6) is 0 Å². The highest BCUT2D eigenvalue weighted by Crippen LogP contribution is 2.22. The number of carbonyl (C=O) groups excluding carboxylic acids is 1. The Labute approximate surface area is 259 Å². The molecule has 1 rings (SSSR count). The minimum Gasteiger partial charge on any atom is -0.457 e. The third-order valence-electron chi connectivity index (χ3n) is 7.02. The molecule has 9 heteroatoms. The van der Waals surface area contributed by atoms with Crippen molar-refractivity contribution in [2.24, 2.45) is 0 Å². The fraction of sp³-hybridized carbons (Fsp3) is 0.735. The van der Waals surface area contributed by atoms with Crippen molar-refractivity contribution < 1.29 is 44.2 Å². The Balaban J connectivity index is 2.46. The van der Waals surface area contributed by atoms with E-state index in [1.807, 2.05) is 12.2 Å². The number of hydrogen-bond acceptors (Lipinski definition) is 9. The van der Waals surface area contributed by atoms with Crippen LogP contribution in [0.3, 0.4) is 0 Å². The third kappa shape index (κ3) is 19.2. The number of unbranched alkanes of at least 4 members (excludes halogenated alkanes) is 6. The molecule has 0 aromatic carbocycles. The van der Waals surface area contributed by atoms with Gasteiger partial charge in [-0.05, 0) is 38.5 Å². The number of esters is 1. The lowest BCUT2D eigenvalue weighted by atomic mass is 9.99. The van der Waals surface area contributed by atoms with Crippen LogP contribution in [0, 0.1) is 0 Å². The minimum absolute atomic E-state index is 0.114. The lowest BCUT2D eigenvalue weighted by Crippen LogP contribution is -2.59. The molecule has 0 aromatic heterocycles. The molecule has 0 spiro atoms. The van der Waals surface area contributed by atoms with Gasteiger partial charge in [0.05, 0.1) is 19.8 Å². The molecule has 9 nitrogen and oxygen atoms in total. The quantitative estimate of drug-likeness (QED) is 0.0635. The van der Waals surface area contributed by atoms with Gasteiger partial charge in [-0.2, -0.15) is 0 Å². The lowest BCUT2D eigenvalue weighted by Gasteiger charge is -2.39. The van der Waals surface area contributed by atoms with Gasteiger partial charge in [0.25, 0.3) is 0 Å². The van der Waals surface area contributed by atoms with Crippen molar-refractivity contribution in [3.05, 3.63) is 48.6 Å². The molecule has 0 radical (unpaired) electrons. The first-order valence-corrected chi connectivity index (χ1v) is 16.2. The SMILES string of the molecule is CC/C=C\C/C=C\C/C=C\C/C=C\CCC(=O)OC(COCCCCCCCCC)COC1OC(CO)C(O)C(O)C1O. The van der Waals surface area contributed by atoms with Gasteiger partial charge in [0.1, 0.15) is 30.5 Å². The highest BCUT2D eigenvalue weighted by molar-refractivity contribution is 5.69. The van der Waals surface area contributed by atoms with E-state index in [4.69, 9.17) is 18.9 Å². The van der Waals surface area contributed by atoms with Crippen LogP contribution in [-0.4, -0.2) is 89.6 Å². The molecule has 1 fully saturated rings. The van der Waals surface area contributed by atoms with E-state index in [0.717, 1.165) is 38.5 Å². The van der Waals surface area contributed by atoms with Crippen molar-refractivity contribution in [2.45, 2.75) is 134 Å². The fourth-order valence-corrected chi connectivity index (χ4v) is 4.44. The van der Waals surface area contributed by atoms with Gasteiger partial charge >= 0.3 is 5.97 Å². The molecule has 0 bridgehead atoms. The number of rotatable bonds is 25. The minimum atomic E-state index is -1.54. The second-order valence-corrected chi connectivity index (χ2v) is 10.9. The van der Waals surface area contributed by atoms with Crippen molar-refractivity contribution >= 4 is 5.97 Å². The summed E-state index contributed by atoms with van der Waals surface area (Å²) in [6.07, 6.45) is 21.7. The van der Waals surface area contributed by atoms with Crippen LogP contribution in [0.1, 0.15) is 97.3 Å². The second-order valence-electron chi connectivity index (χ2n) is 10.9. The summed E-state index contributed by atoms with van der Waals surface area (Å²) < 4.78 is 22.4. The van der Waals surface area contributed by atoms with Gasteiger partial charge in [0, 0.05) is 13.0 Å². The van der Waals surface area contributed by atoms with E-state index in [1.165, 1.54) is 32.1 Å². The van der Waals surface area contributed by atoms with Crippen LogP contribution < -0.4 is 0 Å². The first-order chi connectivity index (χ1) is 20.9. The van der Waals surface area contributed by atoms with Crippen molar-refractivity contribution in [2.75, 3.05) is 26.4 Å². The average molecular weight is 611 g/mol. The Hall–Kier alpha value is -1.85. The molecule has 1 aliphatic rings. The van der Waals surface area contributed by atoms with E-state index >= 15 is 0 Å². The Morgan fingerprint density at radius 3 is 2.00 bits per heavy atom. The van der Waals surface area contributed by atoms with Crippen molar-refractivity contribution in [3.63, 3.8) is 0 Å². The summed E-state index contributed by atoms with van der Waals surface area (Å²) in [5.74, 6) is -0.399. The maximum atomic E-state index is 12.5. The average Bonchev–Trinajstić information content (AvgIpc) is 3.00. The number of aliphatic hydroxyl groups excluding tert-OH is 4. The molecule has 4 N–H and O–H groups in total. The van der Waals surface area contributed by atoms with Gasteiger partial charge in [-0.3, -0.25) is 4.79 Å². The summed E-state index contributed by atoms with van der Waals surface area (Å²) in [5, 5.41) is 39.7. The normalized spacial score (nSPS) is 23.7. The van der Waals surface area contributed by atoms with Crippen LogP contribution in [0.4, 0.5) is 0 Å². The Bertz CT molecular complexity index is 793. The van der Waals surface area contributed by atoms with Gasteiger partial charge in [-0.15, -0.1) is 0 Å². The monoisotopic (exact) mass is 610 g/mol. The highest BCUT2D eigenvalue weighted by atomic mass is 16.7. The number of hydrogen-bond donors (Lipinski definition) is 4. The molecule has 6 unspecified atom stereocenters. The molecule has 43 heavy (non-hydrogen) atoms. The molecule has 1 heterocycles. The Morgan fingerprint density at radius 2 is 1.37 bits per heavy atom. The zero-order chi connectivity index (χ0) is 31.5.